The van der Waals surface area contributed by atoms with Crippen LogP contribution in [0.4, 0.5) is 10.6 Å². The van der Waals surface area contributed by atoms with Crippen LogP contribution < -0.4 is 15.4 Å². The summed E-state index contributed by atoms with van der Waals surface area (Å²) in [5.41, 5.74) is 1.07. The molecule has 0 unspecified atom stereocenters. The van der Waals surface area contributed by atoms with E-state index in [1.807, 2.05) is 38.8 Å². The van der Waals surface area contributed by atoms with E-state index < -0.39 is 11.7 Å². The normalized spacial score (nSPS) is 11.4. The average molecular weight is 626 g/mol. The van der Waals surface area contributed by atoms with Crippen LogP contribution in [0.5, 0.6) is 6.01 Å². The van der Waals surface area contributed by atoms with E-state index in [9.17, 15) is 9.59 Å². The third-order valence-corrected chi connectivity index (χ3v) is 6.98. The predicted molar refractivity (Wildman–Crippen MR) is 160 cm³/mol. The van der Waals surface area contributed by atoms with Gasteiger partial charge in [-0.3, -0.25) is 4.79 Å². The van der Waals surface area contributed by atoms with Gasteiger partial charge in [-0.05, 0) is 46.9 Å². The fourth-order valence-corrected chi connectivity index (χ4v) is 4.33. The van der Waals surface area contributed by atoms with Gasteiger partial charge >= 0.3 is 12.1 Å². The van der Waals surface area contributed by atoms with E-state index in [-0.39, 0.29) is 11.9 Å². The zero-order valence-corrected chi connectivity index (χ0v) is 26.0. The molecule has 2 aromatic heterocycles. The highest BCUT2D eigenvalue weighted by atomic mass is 35.5. The second-order valence-electron chi connectivity index (χ2n) is 9.97. The molecule has 0 aliphatic carbocycles. The van der Waals surface area contributed by atoms with Gasteiger partial charge in [-0.1, -0.05) is 29.3 Å². The molecule has 11 nitrogen and oxygen atoms in total. The molecule has 0 bridgehead atoms. The van der Waals surface area contributed by atoms with Crippen molar-refractivity contribution in [1.82, 2.24) is 25.2 Å². The highest BCUT2D eigenvalue weighted by molar-refractivity contribution is 7.13. The minimum Gasteiger partial charge on any atom is -0.462 e. The lowest BCUT2D eigenvalue weighted by Gasteiger charge is -2.20. The van der Waals surface area contributed by atoms with Crippen molar-refractivity contribution in [3.63, 3.8) is 0 Å². The smallest absolute Gasteiger partial charge is 0.407 e. The number of likely N-dealkylation sites (N-methyl/N-ethyl adjacent to an activating group) is 1. The van der Waals surface area contributed by atoms with Gasteiger partial charge in [-0.25, -0.2) is 14.8 Å². The number of anilines is 1. The second kappa shape index (κ2) is 15.3. The predicted octanol–water partition coefficient (Wildman–Crippen LogP) is 5.32. The fraction of sp³-hybridized carbons (Fsp3) is 0.444. The first-order valence-corrected chi connectivity index (χ1v) is 14.5. The van der Waals surface area contributed by atoms with E-state index in [2.05, 4.69) is 25.6 Å². The van der Waals surface area contributed by atoms with Crippen LogP contribution in [0.2, 0.25) is 10.0 Å². The zero-order valence-electron chi connectivity index (χ0n) is 23.6. The van der Waals surface area contributed by atoms with Gasteiger partial charge < -0.3 is 29.7 Å². The van der Waals surface area contributed by atoms with Crippen LogP contribution in [0.15, 0.2) is 29.8 Å². The number of ether oxygens (including phenoxy) is 3. The van der Waals surface area contributed by atoms with Gasteiger partial charge in [-0.15, -0.1) is 11.3 Å². The van der Waals surface area contributed by atoms with Crippen LogP contribution in [0.1, 0.15) is 36.8 Å². The van der Waals surface area contributed by atoms with Crippen molar-refractivity contribution in [1.29, 1.82) is 0 Å². The van der Waals surface area contributed by atoms with Crippen molar-refractivity contribution in [2.45, 2.75) is 33.3 Å². The number of nitrogens with one attached hydrogen (secondary N) is 2. The minimum absolute atomic E-state index is 0.187. The maximum Gasteiger partial charge on any atom is 0.407 e. The van der Waals surface area contributed by atoms with Crippen LogP contribution in [-0.2, 0) is 9.47 Å². The van der Waals surface area contributed by atoms with Crippen molar-refractivity contribution >= 4 is 52.4 Å². The summed E-state index contributed by atoms with van der Waals surface area (Å²) >= 11 is 13.5. The standard InChI is InChI=1S/C27H34Cl2N6O5S/c1-17-19(23(36)33-22-16-41-24(34-22)18-6-7-20(28)21(29)14-18)15-31-25(32-17)39-13-10-35(5)9-12-38-11-8-30-26(37)40-27(2,3)4/h6-7,14-16H,8-13H2,1-5H3,(H,30,37)(H,33,36). The number of benzene rings is 1. The van der Waals surface area contributed by atoms with E-state index >= 15 is 0 Å². The van der Waals surface area contributed by atoms with Crippen molar-refractivity contribution in [2.75, 3.05) is 51.8 Å². The SMILES string of the molecule is Cc1nc(OCCN(C)CCOCCNC(=O)OC(C)(C)C)ncc1C(=O)Nc1csc(-c2ccc(Cl)c(Cl)c2)n1. The van der Waals surface area contributed by atoms with Crippen molar-refractivity contribution in [3.05, 3.63) is 51.1 Å². The number of nitrogens with zero attached hydrogens (tertiary/aromatic N) is 4. The Morgan fingerprint density at radius 2 is 1.83 bits per heavy atom. The molecule has 0 fully saturated rings. The van der Waals surface area contributed by atoms with Crippen LogP contribution >= 0.6 is 34.5 Å². The third-order valence-electron chi connectivity index (χ3n) is 5.35. The summed E-state index contributed by atoms with van der Waals surface area (Å²) in [5.74, 6) is 0.0354. The number of carbonyl (C=O) groups is 2. The third kappa shape index (κ3) is 11.0. The average Bonchev–Trinajstić information content (AvgIpc) is 3.35. The topological polar surface area (TPSA) is 128 Å². The highest BCUT2D eigenvalue weighted by Gasteiger charge is 2.16. The number of amides is 2. The van der Waals surface area contributed by atoms with Gasteiger partial charge in [0.15, 0.2) is 0 Å². The number of aryl methyl sites for hydroxylation is 1. The summed E-state index contributed by atoms with van der Waals surface area (Å²) in [5, 5.41) is 8.76. The summed E-state index contributed by atoms with van der Waals surface area (Å²) in [6.45, 7) is 10.1. The van der Waals surface area contributed by atoms with Crippen molar-refractivity contribution in [2.24, 2.45) is 0 Å². The van der Waals surface area contributed by atoms with E-state index in [4.69, 9.17) is 37.4 Å². The molecule has 1 aromatic carbocycles. The first-order valence-electron chi connectivity index (χ1n) is 12.8. The molecule has 0 radical (unpaired) electrons. The van der Waals surface area contributed by atoms with Gasteiger partial charge in [0.05, 0.1) is 34.5 Å². The van der Waals surface area contributed by atoms with Gasteiger partial charge in [0.25, 0.3) is 5.91 Å². The molecule has 2 heterocycles. The summed E-state index contributed by atoms with van der Waals surface area (Å²) in [6, 6.07) is 5.43. The molecule has 41 heavy (non-hydrogen) atoms. The molecule has 0 saturated carbocycles. The Bertz CT molecular complexity index is 1330. The van der Waals surface area contributed by atoms with Gasteiger partial charge in [-0.2, -0.15) is 4.98 Å². The van der Waals surface area contributed by atoms with Gasteiger partial charge in [0.2, 0.25) is 0 Å². The fourth-order valence-electron chi connectivity index (χ4n) is 3.28. The second-order valence-corrected chi connectivity index (χ2v) is 11.6. The minimum atomic E-state index is -0.529. The Morgan fingerprint density at radius 3 is 2.54 bits per heavy atom. The maximum absolute atomic E-state index is 12.8. The number of thiazole rings is 1. The van der Waals surface area contributed by atoms with E-state index in [0.717, 1.165) is 5.56 Å². The lowest BCUT2D eigenvalue weighted by atomic mass is 10.2. The Hall–Kier alpha value is -3.03. The van der Waals surface area contributed by atoms with Crippen molar-refractivity contribution in [3.8, 4) is 16.6 Å². The summed E-state index contributed by atoms with van der Waals surface area (Å²) in [4.78, 5) is 39.4. The lowest BCUT2D eigenvalue weighted by molar-refractivity contribution is 0.0491. The van der Waals surface area contributed by atoms with Crippen LogP contribution in [0.25, 0.3) is 10.6 Å². The Balaban J connectivity index is 1.36. The Morgan fingerprint density at radius 1 is 1.07 bits per heavy atom. The van der Waals surface area contributed by atoms with E-state index in [0.29, 0.717) is 71.6 Å². The first kappa shape index (κ1) is 32.5. The number of hydrogen-bond acceptors (Lipinski definition) is 10. The molecule has 0 aliphatic rings. The Kier molecular flexibility index (Phi) is 12.1. The molecular weight excluding hydrogens is 591 g/mol. The first-order chi connectivity index (χ1) is 19.4. The molecule has 0 atom stereocenters. The molecule has 3 aromatic rings. The quantitative estimate of drug-likeness (QED) is 0.243. The van der Waals surface area contributed by atoms with Gasteiger partial charge in [0.1, 0.15) is 23.0 Å². The van der Waals surface area contributed by atoms with Gasteiger partial charge in [0, 0.05) is 36.8 Å². The number of aromatic nitrogens is 3. The van der Waals surface area contributed by atoms with Crippen LogP contribution in [0, 0.1) is 6.92 Å². The number of hydrogen-bond donors (Lipinski definition) is 2. The molecule has 0 aliphatic heterocycles. The van der Waals surface area contributed by atoms with E-state index in [1.54, 1.807) is 24.4 Å². The molecule has 222 valence electrons. The Labute approximate surface area is 253 Å². The largest absolute Gasteiger partial charge is 0.462 e. The number of carbonyl (C=O) groups excluding carboxylic acids is 2. The molecule has 2 N–H and O–H groups in total. The highest BCUT2D eigenvalue weighted by Crippen LogP contribution is 2.31. The molecule has 3 rings (SSSR count). The monoisotopic (exact) mass is 624 g/mol. The summed E-state index contributed by atoms with van der Waals surface area (Å²) in [7, 11) is 1.94. The molecule has 0 saturated heterocycles. The molecule has 14 heteroatoms. The maximum atomic E-state index is 12.8. The molecule has 2 amide bonds. The molecule has 0 spiro atoms. The lowest BCUT2D eigenvalue weighted by Crippen LogP contribution is -2.34. The van der Waals surface area contributed by atoms with E-state index in [1.165, 1.54) is 17.5 Å². The summed E-state index contributed by atoms with van der Waals surface area (Å²) < 4.78 is 16.4. The molecular formula is C27H34Cl2N6O5S. The van der Waals surface area contributed by atoms with Crippen LogP contribution in [0.3, 0.4) is 0 Å². The van der Waals surface area contributed by atoms with Crippen LogP contribution in [-0.4, -0.2) is 84.0 Å². The number of rotatable bonds is 13. The van der Waals surface area contributed by atoms with Crippen molar-refractivity contribution < 1.29 is 23.8 Å². The zero-order chi connectivity index (χ0) is 30.0. The number of alkyl carbamates (subject to hydrolysis) is 1. The number of halogens is 2. The summed E-state index contributed by atoms with van der Waals surface area (Å²) in [6.07, 6.45) is 0.971.